The fourth-order valence-electron chi connectivity index (χ4n) is 2.04. The second-order valence-corrected chi connectivity index (χ2v) is 5.75. The number of Topliss-reactive ketones (excluding diaryl/α,β-unsaturated/α-hetero) is 1. The van der Waals surface area contributed by atoms with Gasteiger partial charge in [0.2, 0.25) is 5.78 Å². The van der Waals surface area contributed by atoms with Gasteiger partial charge < -0.3 is 9.26 Å². The summed E-state index contributed by atoms with van der Waals surface area (Å²) < 4.78 is 11.1. The zero-order chi connectivity index (χ0) is 16.3. The molecule has 1 heterocycles. The zero-order valence-corrected chi connectivity index (χ0v) is 14.1. The van der Waals surface area contributed by atoms with E-state index in [0.29, 0.717) is 29.0 Å². The average molecular weight is 366 g/mol. The first kappa shape index (κ1) is 16.4. The Bertz CT molecular complexity index is 691. The van der Waals surface area contributed by atoms with Crippen LogP contribution in [0, 0.1) is 6.92 Å². The van der Waals surface area contributed by atoms with Crippen molar-refractivity contribution in [1.82, 2.24) is 5.16 Å². The Hall–Kier alpha value is -1.95. The first-order valence-electron chi connectivity index (χ1n) is 6.90. The highest BCUT2D eigenvalue weighted by atomic mass is 79.9. The summed E-state index contributed by atoms with van der Waals surface area (Å²) in [6, 6.07) is 6.89. The third-order valence-corrected chi connectivity index (χ3v) is 3.78. The first-order chi connectivity index (χ1) is 10.4. The quantitative estimate of drug-likeness (QED) is 0.596. The Morgan fingerprint density at radius 3 is 2.55 bits per heavy atom. The van der Waals surface area contributed by atoms with Crippen LogP contribution in [0.15, 0.2) is 33.3 Å². The molecule has 2 aromatic rings. The molecule has 0 aliphatic rings. The Kier molecular flexibility index (Phi) is 5.13. The van der Waals surface area contributed by atoms with Crippen LogP contribution in [0.5, 0.6) is 0 Å². The van der Waals surface area contributed by atoms with Gasteiger partial charge in [-0.2, -0.15) is 0 Å². The van der Waals surface area contributed by atoms with Crippen molar-refractivity contribution in [3.05, 3.63) is 51.3 Å². The van der Waals surface area contributed by atoms with Gasteiger partial charge in [0.05, 0.1) is 5.69 Å². The number of carbonyl (C=O) groups is 2. The van der Waals surface area contributed by atoms with Gasteiger partial charge in [-0.25, -0.2) is 4.79 Å². The maximum Gasteiger partial charge on any atom is 0.344 e. The van der Waals surface area contributed by atoms with Crippen molar-refractivity contribution < 1.29 is 18.8 Å². The molecule has 6 heteroatoms. The van der Waals surface area contributed by atoms with E-state index in [1.807, 2.05) is 6.92 Å². The molecule has 0 spiro atoms. The summed E-state index contributed by atoms with van der Waals surface area (Å²) in [7, 11) is 0. The number of ether oxygens (including phenoxy) is 1. The molecule has 0 amide bonds. The van der Waals surface area contributed by atoms with Gasteiger partial charge in [0, 0.05) is 10.0 Å². The van der Waals surface area contributed by atoms with Crippen molar-refractivity contribution in [1.29, 1.82) is 0 Å². The van der Waals surface area contributed by atoms with E-state index in [4.69, 9.17) is 9.26 Å². The Morgan fingerprint density at radius 1 is 1.32 bits per heavy atom. The van der Waals surface area contributed by atoms with Gasteiger partial charge >= 0.3 is 5.97 Å². The molecule has 1 atom stereocenters. The highest BCUT2D eigenvalue weighted by molar-refractivity contribution is 9.10. The molecule has 0 unspecified atom stereocenters. The second kappa shape index (κ2) is 6.87. The summed E-state index contributed by atoms with van der Waals surface area (Å²) in [5.41, 5.74) is 1.32. The highest BCUT2D eigenvalue weighted by Crippen LogP contribution is 2.18. The molecule has 0 aliphatic heterocycles. The summed E-state index contributed by atoms with van der Waals surface area (Å²) in [5.74, 6) is -0.452. The van der Waals surface area contributed by atoms with E-state index in [1.54, 1.807) is 38.1 Å². The predicted octanol–water partition coefficient (Wildman–Crippen LogP) is 3.74. The molecule has 22 heavy (non-hydrogen) atoms. The van der Waals surface area contributed by atoms with Crippen molar-refractivity contribution in [3.8, 4) is 0 Å². The van der Waals surface area contributed by atoms with E-state index in [-0.39, 0.29) is 5.78 Å². The molecule has 1 aromatic heterocycles. The van der Waals surface area contributed by atoms with Crippen molar-refractivity contribution in [2.24, 2.45) is 0 Å². The Balaban J connectivity index is 2.12. The van der Waals surface area contributed by atoms with E-state index < -0.39 is 12.1 Å². The van der Waals surface area contributed by atoms with E-state index >= 15 is 0 Å². The van der Waals surface area contributed by atoms with E-state index in [1.165, 1.54) is 0 Å². The largest absolute Gasteiger partial charge is 0.451 e. The van der Waals surface area contributed by atoms with Crippen molar-refractivity contribution in [3.63, 3.8) is 0 Å². The standard InChI is InChI=1S/C16H16BrNO4/c1-4-13-14(9(2)22-18-13)16(20)21-10(3)15(19)11-5-7-12(17)8-6-11/h5-8,10H,4H2,1-3H3/t10-/m1/s1. The minimum atomic E-state index is -0.882. The SMILES string of the molecule is CCc1noc(C)c1C(=O)O[C@H](C)C(=O)c1ccc(Br)cc1. The van der Waals surface area contributed by atoms with Crippen LogP contribution < -0.4 is 0 Å². The molecule has 5 nitrogen and oxygen atoms in total. The van der Waals surface area contributed by atoms with E-state index in [0.717, 1.165) is 4.47 Å². The fourth-order valence-corrected chi connectivity index (χ4v) is 2.31. The Morgan fingerprint density at radius 2 is 1.95 bits per heavy atom. The number of ketones is 1. The Labute approximate surface area is 136 Å². The zero-order valence-electron chi connectivity index (χ0n) is 12.6. The molecule has 1 aromatic carbocycles. The minimum absolute atomic E-state index is 0.256. The second-order valence-electron chi connectivity index (χ2n) is 4.83. The van der Waals surface area contributed by atoms with Crippen molar-refractivity contribution in [2.75, 3.05) is 0 Å². The lowest BCUT2D eigenvalue weighted by Crippen LogP contribution is -2.25. The van der Waals surface area contributed by atoms with Gasteiger partial charge in [-0.05, 0) is 32.4 Å². The molecule has 0 radical (unpaired) electrons. The molecule has 0 saturated carbocycles. The molecular weight excluding hydrogens is 350 g/mol. The van der Waals surface area contributed by atoms with Crippen LogP contribution in [-0.2, 0) is 11.2 Å². The molecule has 0 aliphatic carbocycles. The molecule has 0 bridgehead atoms. The molecule has 2 rings (SSSR count). The van der Waals surface area contributed by atoms with Gasteiger partial charge in [0.25, 0.3) is 0 Å². The predicted molar refractivity (Wildman–Crippen MR) is 84.0 cm³/mol. The lowest BCUT2D eigenvalue weighted by atomic mass is 10.1. The maximum atomic E-state index is 12.3. The van der Waals surface area contributed by atoms with Gasteiger partial charge in [-0.1, -0.05) is 40.1 Å². The van der Waals surface area contributed by atoms with Gasteiger partial charge in [0.15, 0.2) is 6.10 Å². The number of aryl methyl sites for hydroxylation is 2. The number of carbonyl (C=O) groups excluding carboxylic acids is 2. The summed E-state index contributed by atoms with van der Waals surface area (Å²) in [5, 5.41) is 3.81. The number of benzene rings is 1. The summed E-state index contributed by atoms with van der Waals surface area (Å²) in [4.78, 5) is 24.5. The molecule has 0 saturated heterocycles. The third kappa shape index (κ3) is 3.44. The smallest absolute Gasteiger partial charge is 0.344 e. The maximum absolute atomic E-state index is 12.3. The van der Waals surface area contributed by atoms with Crippen molar-refractivity contribution in [2.45, 2.75) is 33.3 Å². The van der Waals surface area contributed by atoms with E-state index in [9.17, 15) is 9.59 Å². The highest BCUT2D eigenvalue weighted by Gasteiger charge is 2.25. The summed E-state index contributed by atoms with van der Waals surface area (Å²) in [6.45, 7) is 5.06. The average Bonchev–Trinajstić information content (AvgIpc) is 2.88. The van der Waals surface area contributed by atoms with Crippen LogP contribution in [0.1, 0.15) is 46.0 Å². The van der Waals surface area contributed by atoms with Crippen LogP contribution in [0.25, 0.3) is 0 Å². The number of hydrogen-bond donors (Lipinski definition) is 0. The first-order valence-corrected chi connectivity index (χ1v) is 7.69. The fraction of sp³-hybridized carbons (Fsp3) is 0.312. The van der Waals surface area contributed by atoms with Crippen LogP contribution >= 0.6 is 15.9 Å². The third-order valence-electron chi connectivity index (χ3n) is 3.25. The van der Waals surface area contributed by atoms with E-state index in [2.05, 4.69) is 21.1 Å². The number of hydrogen-bond acceptors (Lipinski definition) is 5. The van der Waals surface area contributed by atoms with Crippen LogP contribution in [0.3, 0.4) is 0 Å². The number of rotatable bonds is 5. The van der Waals surface area contributed by atoms with Crippen LogP contribution in [-0.4, -0.2) is 23.0 Å². The van der Waals surface area contributed by atoms with Crippen LogP contribution in [0.4, 0.5) is 0 Å². The monoisotopic (exact) mass is 365 g/mol. The van der Waals surface area contributed by atoms with Gasteiger partial charge in [0.1, 0.15) is 11.3 Å². The number of nitrogens with zero attached hydrogens (tertiary/aromatic N) is 1. The molecule has 0 N–H and O–H groups in total. The lowest BCUT2D eigenvalue weighted by molar-refractivity contribution is 0.0316. The van der Waals surface area contributed by atoms with Gasteiger partial charge in [-0.3, -0.25) is 4.79 Å². The minimum Gasteiger partial charge on any atom is -0.451 e. The van der Waals surface area contributed by atoms with Gasteiger partial charge in [-0.15, -0.1) is 0 Å². The molecule has 116 valence electrons. The van der Waals surface area contributed by atoms with Crippen molar-refractivity contribution >= 4 is 27.7 Å². The number of aromatic nitrogens is 1. The summed E-state index contributed by atoms with van der Waals surface area (Å²) in [6.07, 6.45) is -0.329. The van der Waals surface area contributed by atoms with Crippen LogP contribution in [0.2, 0.25) is 0 Å². The molecule has 0 fully saturated rings. The summed E-state index contributed by atoms with van der Waals surface area (Å²) >= 11 is 3.31. The molecular formula is C16H16BrNO4. The number of esters is 1. The lowest BCUT2D eigenvalue weighted by Gasteiger charge is -2.12. The number of halogens is 1. The topological polar surface area (TPSA) is 69.4 Å². The normalized spacial score (nSPS) is 12.0.